The number of amides is 1. The van der Waals surface area contributed by atoms with E-state index in [-0.39, 0.29) is 5.91 Å². The van der Waals surface area contributed by atoms with E-state index in [9.17, 15) is 4.79 Å². The lowest BCUT2D eigenvalue weighted by Crippen LogP contribution is -2.27. The molecule has 0 spiro atoms. The third-order valence-corrected chi connectivity index (χ3v) is 6.03. The number of pyridine rings is 1. The minimum atomic E-state index is -0.449. The molecule has 0 bridgehead atoms. The van der Waals surface area contributed by atoms with Crippen molar-refractivity contribution in [3.63, 3.8) is 0 Å². The van der Waals surface area contributed by atoms with Gasteiger partial charge in [0.2, 0.25) is 0 Å². The number of para-hydroxylation sites is 1. The first kappa shape index (κ1) is 23.5. The predicted molar refractivity (Wildman–Crippen MR) is 135 cm³/mol. The maximum atomic E-state index is 12.6. The summed E-state index contributed by atoms with van der Waals surface area (Å²) in [4.78, 5) is 16.6. The summed E-state index contributed by atoms with van der Waals surface area (Å²) in [6.07, 6.45) is 4.89. The van der Waals surface area contributed by atoms with Crippen LogP contribution in [0, 0.1) is 0 Å². The van der Waals surface area contributed by atoms with Crippen molar-refractivity contribution in [3.8, 4) is 5.69 Å². The van der Waals surface area contributed by atoms with Gasteiger partial charge in [-0.05, 0) is 49.4 Å². The number of hydrogen-bond acceptors (Lipinski definition) is 7. The van der Waals surface area contributed by atoms with E-state index < -0.39 is 5.25 Å². The third-order valence-electron chi connectivity index (χ3n) is 4.73. The van der Waals surface area contributed by atoms with E-state index in [4.69, 9.17) is 11.6 Å². The second-order valence-electron chi connectivity index (χ2n) is 7.21. The van der Waals surface area contributed by atoms with Gasteiger partial charge in [-0.15, -0.1) is 10.2 Å². The molecule has 0 saturated carbocycles. The van der Waals surface area contributed by atoms with Crippen molar-refractivity contribution in [2.45, 2.75) is 23.9 Å². The highest BCUT2D eigenvalue weighted by Crippen LogP contribution is 2.26. The summed E-state index contributed by atoms with van der Waals surface area (Å²) in [5.74, 6) is 0.472. The molecule has 0 aliphatic rings. The van der Waals surface area contributed by atoms with Crippen LogP contribution in [0.1, 0.15) is 18.3 Å². The smallest absolute Gasteiger partial charge is 0.253 e. The summed E-state index contributed by atoms with van der Waals surface area (Å²) in [5.41, 5.74) is 5.19. The standard InChI is InChI=1S/C24H22ClN7OS/c1-17(23(33)30-28-15-18-6-5-13-26-14-18)34-24-31-29-22(32(24)21-7-3-2-4-8-21)16-27-20-11-9-19(25)10-12-20/h2-15,17,27H,16H2,1H3,(H,30,33)/b28-15-/t17-/m1/s1. The Hall–Kier alpha value is -3.69. The zero-order valence-electron chi connectivity index (χ0n) is 18.3. The first-order valence-electron chi connectivity index (χ1n) is 10.5. The lowest BCUT2D eigenvalue weighted by Gasteiger charge is -2.13. The maximum Gasteiger partial charge on any atom is 0.253 e. The molecule has 0 aliphatic heterocycles. The molecule has 2 heterocycles. The van der Waals surface area contributed by atoms with Gasteiger partial charge in [0.05, 0.1) is 18.0 Å². The van der Waals surface area contributed by atoms with Gasteiger partial charge in [-0.3, -0.25) is 14.3 Å². The number of nitrogens with zero attached hydrogens (tertiary/aromatic N) is 5. The molecule has 0 fully saturated rings. The fourth-order valence-corrected chi connectivity index (χ4v) is 4.01. The van der Waals surface area contributed by atoms with E-state index in [1.165, 1.54) is 11.8 Å². The van der Waals surface area contributed by atoms with Crippen molar-refractivity contribution in [2.75, 3.05) is 5.32 Å². The lowest BCUT2D eigenvalue weighted by molar-refractivity contribution is -0.120. The van der Waals surface area contributed by atoms with Gasteiger partial charge in [-0.1, -0.05) is 47.6 Å². The molecule has 34 heavy (non-hydrogen) atoms. The predicted octanol–water partition coefficient (Wildman–Crippen LogP) is 4.56. The van der Waals surface area contributed by atoms with E-state index >= 15 is 0 Å². The zero-order chi connectivity index (χ0) is 23.8. The number of thioether (sulfide) groups is 1. The van der Waals surface area contributed by atoms with Crippen molar-refractivity contribution in [1.82, 2.24) is 25.2 Å². The molecule has 1 atom stereocenters. The first-order chi connectivity index (χ1) is 16.6. The molecule has 0 aliphatic carbocycles. The molecular formula is C24H22ClN7OS. The second kappa shape index (κ2) is 11.4. The molecule has 0 saturated heterocycles. The molecule has 0 unspecified atom stereocenters. The van der Waals surface area contributed by atoms with Gasteiger partial charge >= 0.3 is 0 Å². The average molecular weight is 492 g/mol. The Morgan fingerprint density at radius 2 is 1.91 bits per heavy atom. The normalized spacial score (nSPS) is 11.9. The largest absolute Gasteiger partial charge is 0.378 e. The summed E-state index contributed by atoms with van der Waals surface area (Å²) in [6, 6.07) is 20.9. The van der Waals surface area contributed by atoms with Gasteiger partial charge in [-0.25, -0.2) is 5.43 Å². The topological polar surface area (TPSA) is 97.1 Å². The number of hydrogen-bond donors (Lipinski definition) is 2. The van der Waals surface area contributed by atoms with E-state index in [1.54, 1.807) is 31.6 Å². The second-order valence-corrected chi connectivity index (χ2v) is 8.96. The first-order valence-corrected chi connectivity index (χ1v) is 11.7. The average Bonchev–Trinajstić information content (AvgIpc) is 3.27. The molecule has 172 valence electrons. The van der Waals surface area contributed by atoms with Crippen LogP contribution in [0.4, 0.5) is 5.69 Å². The molecule has 8 nitrogen and oxygen atoms in total. The number of benzene rings is 2. The van der Waals surface area contributed by atoms with Crippen molar-refractivity contribution in [1.29, 1.82) is 0 Å². The number of carbonyl (C=O) groups excluding carboxylic acids is 1. The van der Waals surface area contributed by atoms with Crippen molar-refractivity contribution >= 4 is 41.2 Å². The number of aromatic nitrogens is 4. The fraction of sp³-hybridized carbons (Fsp3) is 0.125. The molecule has 10 heteroatoms. The monoisotopic (exact) mass is 491 g/mol. The summed E-state index contributed by atoms with van der Waals surface area (Å²) in [5, 5.41) is 16.9. The molecule has 0 radical (unpaired) electrons. The Morgan fingerprint density at radius 3 is 2.65 bits per heavy atom. The van der Waals surface area contributed by atoms with E-state index in [1.807, 2.05) is 65.2 Å². The van der Waals surface area contributed by atoms with Crippen LogP contribution in [0.25, 0.3) is 5.69 Å². The molecule has 4 aromatic rings. The highest BCUT2D eigenvalue weighted by atomic mass is 35.5. The van der Waals surface area contributed by atoms with Gasteiger partial charge in [0, 0.05) is 34.4 Å². The minimum Gasteiger partial charge on any atom is -0.378 e. The van der Waals surface area contributed by atoms with Crippen LogP contribution in [0.5, 0.6) is 0 Å². The summed E-state index contributed by atoms with van der Waals surface area (Å²) in [7, 11) is 0. The molecule has 4 rings (SSSR count). The Labute approximate surface area is 206 Å². The van der Waals surface area contributed by atoms with Crippen LogP contribution < -0.4 is 10.7 Å². The highest BCUT2D eigenvalue weighted by molar-refractivity contribution is 8.00. The maximum absolute atomic E-state index is 12.6. The van der Waals surface area contributed by atoms with Crippen LogP contribution in [0.15, 0.2) is 89.4 Å². The third kappa shape index (κ3) is 6.21. The van der Waals surface area contributed by atoms with E-state index in [0.717, 1.165) is 16.9 Å². The number of rotatable bonds is 9. The van der Waals surface area contributed by atoms with Gasteiger partial charge in [0.15, 0.2) is 11.0 Å². The Morgan fingerprint density at radius 1 is 1.12 bits per heavy atom. The van der Waals surface area contributed by atoms with E-state index in [2.05, 4.69) is 31.0 Å². The summed E-state index contributed by atoms with van der Waals surface area (Å²) >= 11 is 7.28. The SMILES string of the molecule is C[C@@H](Sc1nnc(CNc2ccc(Cl)cc2)n1-c1ccccc1)C(=O)N/N=C\c1cccnc1. The van der Waals surface area contributed by atoms with Gasteiger partial charge in [0.25, 0.3) is 5.91 Å². The molecular weight excluding hydrogens is 470 g/mol. The lowest BCUT2D eigenvalue weighted by atomic mass is 10.3. The van der Waals surface area contributed by atoms with Gasteiger partial charge in [-0.2, -0.15) is 5.10 Å². The molecule has 2 N–H and O–H groups in total. The van der Waals surface area contributed by atoms with Crippen LogP contribution in [-0.4, -0.2) is 37.1 Å². The van der Waals surface area contributed by atoms with Crippen LogP contribution in [-0.2, 0) is 11.3 Å². The molecule has 1 amide bonds. The number of anilines is 1. The van der Waals surface area contributed by atoms with Crippen LogP contribution in [0.2, 0.25) is 5.02 Å². The fourth-order valence-electron chi connectivity index (χ4n) is 3.00. The number of halogens is 1. The van der Waals surface area contributed by atoms with E-state index in [0.29, 0.717) is 22.5 Å². The van der Waals surface area contributed by atoms with Gasteiger partial charge < -0.3 is 5.32 Å². The number of hydrazone groups is 1. The van der Waals surface area contributed by atoms with Crippen LogP contribution >= 0.6 is 23.4 Å². The van der Waals surface area contributed by atoms with Gasteiger partial charge in [0.1, 0.15) is 0 Å². The van der Waals surface area contributed by atoms with Crippen molar-refractivity contribution in [3.05, 3.63) is 95.5 Å². The Kier molecular flexibility index (Phi) is 7.90. The Bertz CT molecular complexity index is 1250. The van der Waals surface area contributed by atoms with Crippen LogP contribution in [0.3, 0.4) is 0 Å². The molecule has 2 aromatic carbocycles. The quantitative estimate of drug-likeness (QED) is 0.202. The number of carbonyl (C=O) groups is 1. The van der Waals surface area contributed by atoms with Crippen molar-refractivity contribution < 1.29 is 4.79 Å². The van der Waals surface area contributed by atoms with Crippen molar-refractivity contribution in [2.24, 2.45) is 5.10 Å². The zero-order valence-corrected chi connectivity index (χ0v) is 19.9. The summed E-state index contributed by atoms with van der Waals surface area (Å²) in [6.45, 7) is 2.25. The minimum absolute atomic E-state index is 0.242. The molecule has 2 aromatic heterocycles. The summed E-state index contributed by atoms with van der Waals surface area (Å²) < 4.78 is 1.94. The number of nitrogens with one attached hydrogen (secondary N) is 2. The Balaban J connectivity index is 1.47. The highest BCUT2D eigenvalue weighted by Gasteiger charge is 2.21.